The molecule has 2 aromatic rings. The highest BCUT2D eigenvalue weighted by Gasteiger charge is 2.22. The van der Waals surface area contributed by atoms with Gasteiger partial charge < -0.3 is 19.3 Å². The second kappa shape index (κ2) is 6.89. The van der Waals surface area contributed by atoms with Crippen LogP contribution in [0.15, 0.2) is 28.8 Å². The lowest BCUT2D eigenvalue weighted by molar-refractivity contribution is -0.142. The fourth-order valence-electron chi connectivity index (χ4n) is 2.14. The van der Waals surface area contributed by atoms with E-state index in [1.54, 1.807) is 12.1 Å². The van der Waals surface area contributed by atoms with Crippen molar-refractivity contribution in [2.45, 2.75) is 25.9 Å². The van der Waals surface area contributed by atoms with Gasteiger partial charge in [0.25, 0.3) is 11.8 Å². The minimum atomic E-state index is -0.562. The Labute approximate surface area is 134 Å². The van der Waals surface area contributed by atoms with E-state index >= 15 is 0 Å². The molecule has 1 unspecified atom stereocenters. The molecule has 0 radical (unpaired) electrons. The molecule has 1 saturated heterocycles. The molecule has 23 heavy (non-hydrogen) atoms. The number of carbonyl (C=O) groups is 1. The summed E-state index contributed by atoms with van der Waals surface area (Å²) in [4.78, 5) is 16.4. The number of aromatic nitrogens is 2. The van der Waals surface area contributed by atoms with Gasteiger partial charge in [0.2, 0.25) is 0 Å². The van der Waals surface area contributed by atoms with E-state index in [4.69, 9.17) is 14.0 Å². The summed E-state index contributed by atoms with van der Waals surface area (Å²) >= 11 is 0. The molecule has 2 heterocycles. The van der Waals surface area contributed by atoms with Gasteiger partial charge in [-0.15, -0.1) is 0 Å². The van der Waals surface area contributed by atoms with Gasteiger partial charge in [0.15, 0.2) is 11.9 Å². The number of benzene rings is 1. The zero-order valence-electron chi connectivity index (χ0n) is 13.1. The molecule has 0 saturated carbocycles. The first-order valence-electron chi connectivity index (χ1n) is 7.58. The van der Waals surface area contributed by atoms with E-state index in [2.05, 4.69) is 15.5 Å². The van der Waals surface area contributed by atoms with Gasteiger partial charge in [-0.2, -0.15) is 4.98 Å². The second-order valence-corrected chi connectivity index (χ2v) is 5.61. The van der Waals surface area contributed by atoms with Crippen molar-refractivity contribution in [3.05, 3.63) is 30.1 Å². The van der Waals surface area contributed by atoms with Crippen molar-refractivity contribution in [3.63, 3.8) is 0 Å². The number of rotatable bonds is 4. The van der Waals surface area contributed by atoms with E-state index < -0.39 is 6.10 Å². The van der Waals surface area contributed by atoms with Crippen LogP contribution in [0.25, 0.3) is 11.5 Å². The third-order valence-electron chi connectivity index (χ3n) is 3.47. The Morgan fingerprint density at radius 1 is 1.26 bits per heavy atom. The SMILES string of the molecule is CC(C)c1noc(-c2ccc(NC(=O)C3COCCO3)cc2)n1. The minimum absolute atomic E-state index is 0.211. The van der Waals surface area contributed by atoms with Crippen molar-refractivity contribution < 1.29 is 18.8 Å². The zero-order valence-corrected chi connectivity index (χ0v) is 13.1. The second-order valence-electron chi connectivity index (χ2n) is 5.61. The van der Waals surface area contributed by atoms with Gasteiger partial charge in [0.1, 0.15) is 0 Å². The Morgan fingerprint density at radius 2 is 2.04 bits per heavy atom. The van der Waals surface area contributed by atoms with E-state index in [1.807, 2.05) is 26.0 Å². The fraction of sp³-hybridized carbons (Fsp3) is 0.438. The third kappa shape index (κ3) is 3.75. The van der Waals surface area contributed by atoms with Crippen LogP contribution in [-0.4, -0.2) is 42.0 Å². The lowest BCUT2D eigenvalue weighted by Gasteiger charge is -2.22. The number of hydrogen-bond acceptors (Lipinski definition) is 6. The monoisotopic (exact) mass is 317 g/mol. The molecule has 0 bridgehead atoms. The summed E-state index contributed by atoms with van der Waals surface area (Å²) < 4.78 is 15.8. The molecular weight excluding hydrogens is 298 g/mol. The normalized spacial score (nSPS) is 18.1. The van der Waals surface area contributed by atoms with Crippen LogP contribution in [0.5, 0.6) is 0 Å². The fourth-order valence-corrected chi connectivity index (χ4v) is 2.14. The lowest BCUT2D eigenvalue weighted by atomic mass is 10.2. The number of hydrogen-bond donors (Lipinski definition) is 1. The van der Waals surface area contributed by atoms with Gasteiger partial charge in [-0.1, -0.05) is 19.0 Å². The number of nitrogens with zero attached hydrogens (tertiary/aromatic N) is 2. The summed E-state index contributed by atoms with van der Waals surface area (Å²) in [6.45, 7) is 5.26. The van der Waals surface area contributed by atoms with Crippen LogP contribution in [0, 0.1) is 0 Å². The van der Waals surface area contributed by atoms with Gasteiger partial charge in [-0.3, -0.25) is 4.79 Å². The van der Waals surface area contributed by atoms with Crippen LogP contribution in [0.1, 0.15) is 25.6 Å². The average molecular weight is 317 g/mol. The summed E-state index contributed by atoms with van der Waals surface area (Å²) in [5.41, 5.74) is 1.48. The standard InChI is InChI=1S/C16H19N3O4/c1-10(2)14-18-16(23-19-14)11-3-5-12(6-4-11)17-15(20)13-9-21-7-8-22-13/h3-6,10,13H,7-9H2,1-2H3,(H,17,20). The van der Waals surface area contributed by atoms with Crippen LogP contribution in [0.4, 0.5) is 5.69 Å². The van der Waals surface area contributed by atoms with Crippen LogP contribution in [-0.2, 0) is 14.3 Å². The largest absolute Gasteiger partial charge is 0.376 e. The Morgan fingerprint density at radius 3 is 2.65 bits per heavy atom. The third-order valence-corrected chi connectivity index (χ3v) is 3.47. The predicted octanol–water partition coefficient (Wildman–Crippen LogP) is 2.21. The Balaban J connectivity index is 1.65. The number of carbonyl (C=O) groups excluding carboxylic acids is 1. The molecule has 1 fully saturated rings. The first-order valence-corrected chi connectivity index (χ1v) is 7.58. The molecule has 1 aromatic heterocycles. The van der Waals surface area contributed by atoms with Gasteiger partial charge in [0.05, 0.1) is 19.8 Å². The maximum Gasteiger partial charge on any atom is 0.257 e. The van der Waals surface area contributed by atoms with Gasteiger partial charge in [-0.25, -0.2) is 0 Å². The molecule has 7 heteroatoms. The molecule has 122 valence electrons. The Hall–Kier alpha value is -2.25. The summed E-state index contributed by atoms with van der Waals surface area (Å²) in [5, 5.41) is 6.74. The summed E-state index contributed by atoms with van der Waals surface area (Å²) in [5.74, 6) is 1.14. The van der Waals surface area contributed by atoms with E-state index in [0.29, 0.717) is 30.6 Å². The van der Waals surface area contributed by atoms with Crippen LogP contribution < -0.4 is 5.32 Å². The zero-order chi connectivity index (χ0) is 16.2. The van der Waals surface area contributed by atoms with Crippen molar-refractivity contribution in [3.8, 4) is 11.5 Å². The topological polar surface area (TPSA) is 86.5 Å². The number of nitrogens with one attached hydrogen (secondary N) is 1. The highest BCUT2D eigenvalue weighted by molar-refractivity contribution is 5.94. The van der Waals surface area contributed by atoms with E-state index in [0.717, 1.165) is 5.56 Å². The van der Waals surface area contributed by atoms with Gasteiger partial charge >= 0.3 is 0 Å². The molecule has 1 aromatic carbocycles. The van der Waals surface area contributed by atoms with Crippen LogP contribution in [0.2, 0.25) is 0 Å². The summed E-state index contributed by atoms with van der Waals surface area (Å²) in [6, 6.07) is 7.23. The van der Waals surface area contributed by atoms with Crippen molar-refractivity contribution in [1.82, 2.24) is 10.1 Å². The number of amides is 1. The van der Waals surface area contributed by atoms with E-state index in [1.165, 1.54) is 0 Å². The van der Waals surface area contributed by atoms with Crippen LogP contribution >= 0.6 is 0 Å². The molecule has 1 aliphatic heterocycles. The smallest absolute Gasteiger partial charge is 0.257 e. The maximum atomic E-state index is 12.0. The van der Waals surface area contributed by atoms with Crippen molar-refractivity contribution in [2.75, 3.05) is 25.1 Å². The van der Waals surface area contributed by atoms with Crippen LogP contribution in [0.3, 0.4) is 0 Å². The van der Waals surface area contributed by atoms with E-state index in [9.17, 15) is 4.79 Å². The lowest BCUT2D eigenvalue weighted by Crippen LogP contribution is -2.39. The van der Waals surface area contributed by atoms with Gasteiger partial charge in [-0.05, 0) is 24.3 Å². The van der Waals surface area contributed by atoms with E-state index in [-0.39, 0.29) is 18.4 Å². The predicted molar refractivity (Wildman–Crippen MR) is 83.0 cm³/mol. The highest BCUT2D eigenvalue weighted by atomic mass is 16.6. The number of ether oxygens (including phenoxy) is 2. The molecule has 3 rings (SSSR count). The Bertz CT molecular complexity index is 660. The number of anilines is 1. The quantitative estimate of drug-likeness (QED) is 0.930. The van der Waals surface area contributed by atoms with Crippen molar-refractivity contribution in [1.29, 1.82) is 0 Å². The molecular formula is C16H19N3O4. The summed E-state index contributed by atoms with van der Waals surface area (Å²) in [6.07, 6.45) is -0.562. The maximum absolute atomic E-state index is 12.0. The molecule has 1 amide bonds. The molecule has 1 atom stereocenters. The van der Waals surface area contributed by atoms with Gasteiger partial charge in [0, 0.05) is 17.2 Å². The summed E-state index contributed by atoms with van der Waals surface area (Å²) in [7, 11) is 0. The Kier molecular flexibility index (Phi) is 4.68. The molecule has 1 N–H and O–H groups in total. The molecule has 1 aliphatic rings. The molecule has 0 spiro atoms. The molecule has 0 aliphatic carbocycles. The minimum Gasteiger partial charge on any atom is -0.376 e. The first kappa shape index (κ1) is 15.6. The van der Waals surface area contributed by atoms with Crippen molar-refractivity contribution in [2.24, 2.45) is 0 Å². The highest BCUT2D eigenvalue weighted by Crippen LogP contribution is 2.22. The van der Waals surface area contributed by atoms with Crippen molar-refractivity contribution >= 4 is 11.6 Å². The average Bonchev–Trinajstić information content (AvgIpc) is 3.07. The first-order chi connectivity index (χ1) is 11.1. The molecule has 7 nitrogen and oxygen atoms in total.